The average molecular weight is 485 g/mol. The van der Waals surface area contributed by atoms with E-state index in [1.165, 1.54) is 30.0 Å². The van der Waals surface area contributed by atoms with Gasteiger partial charge in [-0.25, -0.2) is 18.7 Å². The zero-order valence-corrected chi connectivity index (χ0v) is 17.8. The van der Waals surface area contributed by atoms with Crippen LogP contribution in [0.2, 0.25) is 0 Å². The lowest BCUT2D eigenvalue weighted by Gasteiger charge is -2.47. The van der Waals surface area contributed by atoms with Crippen molar-refractivity contribution in [2.45, 2.75) is 24.7 Å². The van der Waals surface area contributed by atoms with Gasteiger partial charge in [-0.2, -0.15) is 8.78 Å². The summed E-state index contributed by atoms with van der Waals surface area (Å²) in [7, 11) is 0. The molecule has 1 aromatic heterocycles. The topological polar surface area (TPSA) is 112 Å². The first kappa shape index (κ1) is 23.2. The van der Waals surface area contributed by atoms with Gasteiger partial charge in [-0.3, -0.25) is 9.79 Å². The smallest absolute Gasteiger partial charge is 0.388 e. The minimum atomic E-state index is -3.07. The van der Waals surface area contributed by atoms with Crippen LogP contribution in [0.15, 0.2) is 35.6 Å². The normalized spacial score (nSPS) is 24.7. The molecule has 0 aliphatic carbocycles. The fourth-order valence-electron chi connectivity index (χ4n) is 4.03. The third-order valence-corrected chi connectivity index (χ3v) is 6.42. The number of nitrogens with two attached hydrogens (primary N) is 1. The average Bonchev–Trinajstić information content (AvgIpc) is 2.79. The fraction of sp³-hybridized carbons (Fsp3) is 0.400. The number of carbonyl (C=O) groups is 1. The number of aromatic nitrogens is 2. The lowest BCUT2D eigenvalue weighted by Crippen LogP contribution is -2.52. The lowest BCUT2D eigenvalue weighted by atomic mass is 9.72. The van der Waals surface area contributed by atoms with E-state index < -0.39 is 48.5 Å². The molecule has 176 valence electrons. The molecule has 13 heteroatoms. The highest BCUT2D eigenvalue weighted by molar-refractivity contribution is 8.13. The van der Waals surface area contributed by atoms with Crippen LogP contribution in [0.25, 0.3) is 0 Å². The van der Waals surface area contributed by atoms with E-state index in [2.05, 4.69) is 25.0 Å². The molecule has 8 nitrogen and oxygen atoms in total. The Balaban J connectivity index is 1.62. The summed E-state index contributed by atoms with van der Waals surface area (Å²) >= 11 is 1.26. The van der Waals surface area contributed by atoms with Crippen molar-refractivity contribution in [3.63, 3.8) is 0 Å². The van der Waals surface area contributed by atoms with Crippen LogP contribution in [-0.4, -0.2) is 52.8 Å². The van der Waals surface area contributed by atoms with Gasteiger partial charge >= 0.3 is 6.61 Å². The number of rotatable bonds is 6. The standard InChI is InChI=1S/C20H19F4N5O3S/c21-6-15-12-9-33-19(25)29-20(12,3-4-31-15)11-5-10(1-2-13(11)22)28-17(30)14-7-27-16(8-26-14)32-18(23)24/h1-2,5,7-8,12,15,18H,3-4,6,9H2,(H2,25,29)(H,28,30)/t12-,15-,20?/m1/s1. The Morgan fingerprint density at radius 1 is 1.36 bits per heavy atom. The van der Waals surface area contributed by atoms with Crippen LogP contribution in [-0.2, 0) is 10.3 Å². The molecule has 1 saturated heterocycles. The van der Waals surface area contributed by atoms with Crippen molar-refractivity contribution < 1.29 is 31.8 Å². The first-order valence-electron chi connectivity index (χ1n) is 9.86. The first-order valence-corrected chi connectivity index (χ1v) is 10.8. The van der Waals surface area contributed by atoms with Crippen molar-refractivity contribution >= 4 is 28.5 Å². The van der Waals surface area contributed by atoms with Gasteiger partial charge in [-0.05, 0) is 18.2 Å². The Hall–Kier alpha value is -2.93. The molecule has 2 aliphatic heterocycles. The van der Waals surface area contributed by atoms with Gasteiger partial charge in [-0.15, -0.1) is 0 Å². The van der Waals surface area contributed by atoms with Crippen molar-refractivity contribution in [2.75, 3.05) is 24.4 Å². The minimum absolute atomic E-state index is 0.168. The largest absolute Gasteiger partial charge is 0.415 e. The number of anilines is 1. The number of hydrogen-bond acceptors (Lipinski definition) is 8. The number of aliphatic imine (C=N–C) groups is 1. The van der Waals surface area contributed by atoms with Gasteiger partial charge in [-0.1, -0.05) is 11.8 Å². The number of ether oxygens (including phenoxy) is 2. The van der Waals surface area contributed by atoms with E-state index in [-0.39, 0.29) is 28.7 Å². The molecule has 1 unspecified atom stereocenters. The van der Waals surface area contributed by atoms with Gasteiger partial charge in [0, 0.05) is 35.9 Å². The number of thioether (sulfide) groups is 1. The molecule has 1 fully saturated rings. The van der Waals surface area contributed by atoms with Crippen molar-refractivity contribution in [3.05, 3.63) is 47.7 Å². The molecule has 1 amide bonds. The molecular weight excluding hydrogens is 466 g/mol. The van der Waals surface area contributed by atoms with Gasteiger partial charge in [0.25, 0.3) is 5.91 Å². The second-order valence-electron chi connectivity index (χ2n) is 7.37. The number of alkyl halides is 3. The van der Waals surface area contributed by atoms with E-state index in [9.17, 15) is 18.0 Å². The third-order valence-electron chi connectivity index (χ3n) is 5.51. The molecule has 0 radical (unpaired) electrons. The van der Waals surface area contributed by atoms with Crippen LogP contribution < -0.4 is 15.8 Å². The number of carbonyl (C=O) groups excluding carboxylic acids is 1. The number of nitrogens with one attached hydrogen (secondary N) is 1. The molecule has 3 heterocycles. The second-order valence-corrected chi connectivity index (χ2v) is 8.41. The molecule has 33 heavy (non-hydrogen) atoms. The highest BCUT2D eigenvalue weighted by atomic mass is 32.2. The molecule has 2 aromatic rings. The highest BCUT2D eigenvalue weighted by Crippen LogP contribution is 2.48. The third kappa shape index (κ3) is 4.74. The molecule has 0 saturated carbocycles. The van der Waals surface area contributed by atoms with Gasteiger partial charge in [0.1, 0.15) is 18.2 Å². The van der Waals surface area contributed by atoms with Crippen LogP contribution in [0.5, 0.6) is 5.88 Å². The summed E-state index contributed by atoms with van der Waals surface area (Å²) in [6.07, 6.45) is 1.39. The number of hydrogen-bond donors (Lipinski definition) is 2. The quantitative estimate of drug-likeness (QED) is 0.605. The highest BCUT2D eigenvalue weighted by Gasteiger charge is 2.51. The predicted octanol–water partition coefficient (Wildman–Crippen LogP) is 3.10. The van der Waals surface area contributed by atoms with Gasteiger partial charge < -0.3 is 20.5 Å². The lowest BCUT2D eigenvalue weighted by molar-refractivity contribution is -0.0714. The molecule has 3 N–H and O–H groups in total. The second kappa shape index (κ2) is 9.51. The van der Waals surface area contributed by atoms with E-state index >= 15 is 4.39 Å². The maximum absolute atomic E-state index is 15.0. The number of halogens is 4. The predicted molar refractivity (Wildman–Crippen MR) is 113 cm³/mol. The van der Waals surface area contributed by atoms with Gasteiger partial charge in [0.15, 0.2) is 5.17 Å². The van der Waals surface area contributed by atoms with E-state index in [1.807, 2.05) is 0 Å². The summed E-state index contributed by atoms with van der Waals surface area (Å²) in [5.74, 6) is -1.77. The number of amides is 1. The first-order chi connectivity index (χ1) is 15.8. The number of fused-ring (bicyclic) bond motifs is 1. The number of nitrogens with zero attached hydrogens (tertiary/aromatic N) is 3. The van der Waals surface area contributed by atoms with Gasteiger partial charge in [0.05, 0.1) is 24.0 Å². The summed E-state index contributed by atoms with van der Waals surface area (Å²) in [6.45, 7) is -3.65. The molecule has 0 bridgehead atoms. The summed E-state index contributed by atoms with van der Waals surface area (Å²) in [4.78, 5) is 24.4. The van der Waals surface area contributed by atoms with Crippen molar-refractivity contribution in [2.24, 2.45) is 16.6 Å². The molecular formula is C20H19F4N5O3S. The summed E-state index contributed by atoms with van der Waals surface area (Å²) < 4.78 is 62.8. The Bertz CT molecular complexity index is 1060. The van der Waals surface area contributed by atoms with Crippen LogP contribution in [0.4, 0.5) is 23.2 Å². The summed E-state index contributed by atoms with van der Waals surface area (Å²) in [6, 6.07) is 3.95. The number of benzene rings is 1. The van der Waals surface area contributed by atoms with E-state index in [0.717, 1.165) is 12.4 Å². The molecule has 2 aliphatic rings. The number of amidine groups is 1. The maximum Gasteiger partial charge on any atom is 0.388 e. The molecule has 4 rings (SSSR count). The minimum Gasteiger partial charge on any atom is -0.415 e. The molecule has 3 atom stereocenters. The van der Waals surface area contributed by atoms with Crippen molar-refractivity contribution in [1.29, 1.82) is 0 Å². The SMILES string of the molecule is NC1=NC2(c3cc(NC(=O)c4cnc(OC(F)F)cn4)ccc3F)CCO[C@H](CF)[C@H]2CS1. The van der Waals surface area contributed by atoms with Crippen LogP contribution in [0.3, 0.4) is 0 Å². The zero-order chi connectivity index (χ0) is 23.6. The monoisotopic (exact) mass is 485 g/mol. The molecule has 0 spiro atoms. The van der Waals surface area contributed by atoms with Crippen molar-refractivity contribution in [1.82, 2.24) is 9.97 Å². The Kier molecular flexibility index (Phi) is 6.70. The molecule has 1 aromatic carbocycles. The van der Waals surface area contributed by atoms with E-state index in [4.69, 9.17) is 10.5 Å². The van der Waals surface area contributed by atoms with E-state index in [0.29, 0.717) is 12.2 Å². The zero-order valence-electron chi connectivity index (χ0n) is 17.0. The van der Waals surface area contributed by atoms with E-state index in [1.54, 1.807) is 0 Å². The maximum atomic E-state index is 15.0. The Labute approximate surface area is 190 Å². The van der Waals surface area contributed by atoms with Crippen molar-refractivity contribution in [3.8, 4) is 5.88 Å². The summed E-state index contributed by atoms with van der Waals surface area (Å²) in [5.41, 5.74) is 5.05. The Morgan fingerprint density at radius 3 is 2.88 bits per heavy atom. The van der Waals surface area contributed by atoms with Crippen LogP contribution >= 0.6 is 11.8 Å². The summed E-state index contributed by atoms with van der Waals surface area (Å²) in [5, 5.41) is 2.83. The Morgan fingerprint density at radius 2 is 2.18 bits per heavy atom. The van der Waals surface area contributed by atoms with Gasteiger partial charge in [0.2, 0.25) is 5.88 Å². The van der Waals surface area contributed by atoms with Crippen LogP contribution in [0, 0.1) is 11.7 Å². The fourth-order valence-corrected chi connectivity index (χ4v) is 5.09. The van der Waals surface area contributed by atoms with Crippen LogP contribution in [0.1, 0.15) is 22.5 Å².